The first kappa shape index (κ1) is 16.6. The van der Waals surface area contributed by atoms with Crippen LogP contribution in [0.3, 0.4) is 0 Å². The minimum Gasteiger partial charge on any atom is -0.394 e. The third kappa shape index (κ3) is 3.03. The van der Waals surface area contributed by atoms with E-state index >= 15 is 0 Å². The van der Waals surface area contributed by atoms with Gasteiger partial charge in [0.15, 0.2) is 6.23 Å². The van der Waals surface area contributed by atoms with E-state index in [1.54, 1.807) is 6.07 Å². The van der Waals surface area contributed by atoms with Gasteiger partial charge in [-0.1, -0.05) is 5.92 Å². The lowest BCUT2D eigenvalue weighted by Gasteiger charge is -2.15. The van der Waals surface area contributed by atoms with Crippen LogP contribution in [0.5, 0.6) is 0 Å². The predicted octanol–water partition coefficient (Wildman–Crippen LogP) is -1.55. The van der Waals surface area contributed by atoms with Crippen molar-refractivity contribution in [3.05, 3.63) is 34.0 Å². The minimum atomic E-state index is -1.37. The molecule has 1 saturated heterocycles. The lowest BCUT2D eigenvalue weighted by atomic mass is 10.1. The van der Waals surface area contributed by atoms with E-state index in [1.165, 1.54) is 11.3 Å². The average Bonchev–Trinajstić information content (AvgIpc) is 3.26. The van der Waals surface area contributed by atoms with Crippen LogP contribution in [0.4, 0.5) is 0 Å². The van der Waals surface area contributed by atoms with Gasteiger partial charge in [0.1, 0.15) is 18.3 Å². The number of carbonyl (C=O) groups excluding carboxylic acids is 1. The summed E-state index contributed by atoms with van der Waals surface area (Å²) < 4.78 is 6.47. The molecule has 2 aromatic heterocycles. The number of hydrogen-bond acceptors (Lipinski definition) is 8. The standard InChI is InChI=1S/C14H14N4O5S/c15-12(22)13-16-9(2-1-7-3-4-24-6-7)18(17-13)14-11(21)10(20)8(5-19)23-14/h3-4,6,8,10-11,14,19-21H,5H2,(H2,15,22)/t8-,10?,11?,14-/m1/s1. The molecule has 126 valence electrons. The number of nitrogens with two attached hydrogens (primary N) is 1. The van der Waals surface area contributed by atoms with Gasteiger partial charge >= 0.3 is 0 Å². The molecule has 0 aromatic carbocycles. The maximum absolute atomic E-state index is 11.3. The summed E-state index contributed by atoms with van der Waals surface area (Å²) in [7, 11) is 0. The number of nitrogens with zero attached hydrogens (tertiary/aromatic N) is 3. The first-order chi connectivity index (χ1) is 11.5. The van der Waals surface area contributed by atoms with Crippen molar-refractivity contribution in [1.82, 2.24) is 14.8 Å². The molecule has 1 amide bonds. The Labute approximate surface area is 140 Å². The molecule has 0 aliphatic carbocycles. The Balaban J connectivity index is 1.99. The van der Waals surface area contributed by atoms with Gasteiger partial charge in [-0.2, -0.15) is 16.3 Å². The van der Waals surface area contributed by atoms with Crippen molar-refractivity contribution in [1.29, 1.82) is 0 Å². The Kier molecular flexibility index (Phi) is 4.61. The summed E-state index contributed by atoms with van der Waals surface area (Å²) in [6.45, 7) is -0.484. The lowest BCUT2D eigenvalue weighted by molar-refractivity contribution is -0.0592. The van der Waals surface area contributed by atoms with Crippen molar-refractivity contribution in [2.75, 3.05) is 6.61 Å². The highest BCUT2D eigenvalue weighted by atomic mass is 32.1. The van der Waals surface area contributed by atoms with E-state index in [0.29, 0.717) is 0 Å². The zero-order chi connectivity index (χ0) is 17.3. The predicted molar refractivity (Wildman–Crippen MR) is 81.8 cm³/mol. The quantitative estimate of drug-likeness (QED) is 0.491. The zero-order valence-electron chi connectivity index (χ0n) is 12.2. The monoisotopic (exact) mass is 350 g/mol. The number of carbonyl (C=O) groups is 1. The van der Waals surface area contributed by atoms with Gasteiger partial charge in [0, 0.05) is 10.9 Å². The highest BCUT2D eigenvalue weighted by Crippen LogP contribution is 2.29. The van der Waals surface area contributed by atoms with E-state index < -0.39 is 37.1 Å². The number of aromatic nitrogens is 3. The van der Waals surface area contributed by atoms with Crippen LogP contribution >= 0.6 is 11.3 Å². The Morgan fingerprint density at radius 2 is 2.21 bits per heavy atom. The molecule has 0 radical (unpaired) electrons. The van der Waals surface area contributed by atoms with Crippen LogP contribution in [0.25, 0.3) is 0 Å². The summed E-state index contributed by atoms with van der Waals surface area (Å²) in [5.74, 6) is 4.48. The molecule has 0 bridgehead atoms. The van der Waals surface area contributed by atoms with Crippen molar-refractivity contribution < 1.29 is 24.9 Å². The SMILES string of the molecule is NC(=O)c1nc(C#Cc2ccsc2)n([C@@H]2O[C@H](CO)C(O)C2O)n1. The molecule has 0 spiro atoms. The van der Waals surface area contributed by atoms with Gasteiger partial charge in [-0.15, -0.1) is 5.10 Å². The first-order valence-electron chi connectivity index (χ1n) is 6.94. The molecule has 1 aliphatic heterocycles. The zero-order valence-corrected chi connectivity index (χ0v) is 13.1. The highest BCUT2D eigenvalue weighted by Gasteiger charge is 2.44. The van der Waals surface area contributed by atoms with E-state index in [0.717, 1.165) is 10.2 Å². The van der Waals surface area contributed by atoms with Crippen LogP contribution in [0, 0.1) is 11.8 Å². The second-order valence-corrected chi connectivity index (χ2v) is 5.84. The number of ether oxygens (including phenoxy) is 1. The van der Waals surface area contributed by atoms with Crippen molar-refractivity contribution in [2.45, 2.75) is 24.5 Å². The van der Waals surface area contributed by atoms with Gasteiger partial charge in [0.05, 0.1) is 6.61 Å². The van der Waals surface area contributed by atoms with E-state index in [-0.39, 0.29) is 11.6 Å². The average molecular weight is 350 g/mol. The fraction of sp³-hybridized carbons (Fsp3) is 0.357. The summed E-state index contributed by atoms with van der Waals surface area (Å²) in [5.41, 5.74) is 5.93. The smallest absolute Gasteiger partial charge is 0.288 e. The minimum absolute atomic E-state index is 0.0461. The second kappa shape index (κ2) is 6.68. The van der Waals surface area contributed by atoms with Crippen molar-refractivity contribution in [3.8, 4) is 11.8 Å². The summed E-state index contributed by atoms with van der Waals surface area (Å²) in [4.78, 5) is 15.3. The number of hydrogen-bond donors (Lipinski definition) is 4. The van der Waals surface area contributed by atoms with Gasteiger partial charge in [-0.3, -0.25) is 4.79 Å². The number of amides is 1. The van der Waals surface area contributed by atoms with Crippen LogP contribution < -0.4 is 5.73 Å². The number of primary amides is 1. The molecule has 3 rings (SSSR count). The lowest BCUT2D eigenvalue weighted by Crippen LogP contribution is -2.33. The van der Waals surface area contributed by atoms with Crippen LogP contribution in [0.1, 0.15) is 28.2 Å². The number of aliphatic hydroxyl groups excluding tert-OH is 3. The second-order valence-electron chi connectivity index (χ2n) is 5.06. The summed E-state index contributed by atoms with van der Waals surface area (Å²) in [6.07, 6.45) is -4.81. The van der Waals surface area contributed by atoms with Crippen LogP contribution in [-0.2, 0) is 4.74 Å². The first-order valence-corrected chi connectivity index (χ1v) is 7.88. The largest absolute Gasteiger partial charge is 0.394 e. The molecule has 1 fully saturated rings. The van der Waals surface area contributed by atoms with E-state index in [2.05, 4.69) is 21.9 Å². The third-order valence-electron chi connectivity index (χ3n) is 3.45. The summed E-state index contributed by atoms with van der Waals surface area (Å²) in [5, 5.41) is 36.7. The third-order valence-corrected chi connectivity index (χ3v) is 4.13. The molecule has 2 aromatic rings. The van der Waals surface area contributed by atoms with Gasteiger partial charge in [0.2, 0.25) is 11.6 Å². The maximum atomic E-state index is 11.3. The Morgan fingerprint density at radius 3 is 2.79 bits per heavy atom. The van der Waals surface area contributed by atoms with Crippen LogP contribution in [0.15, 0.2) is 16.8 Å². The Hall–Kier alpha value is -2.29. The van der Waals surface area contributed by atoms with Crippen molar-refractivity contribution >= 4 is 17.2 Å². The van der Waals surface area contributed by atoms with E-state index in [4.69, 9.17) is 15.6 Å². The number of aliphatic hydroxyl groups is 3. The molecule has 4 atom stereocenters. The van der Waals surface area contributed by atoms with Gasteiger partial charge in [-0.25, -0.2) is 4.68 Å². The van der Waals surface area contributed by atoms with Crippen molar-refractivity contribution in [2.24, 2.45) is 5.73 Å². The molecular formula is C14H14N4O5S. The molecule has 3 heterocycles. The highest BCUT2D eigenvalue weighted by molar-refractivity contribution is 7.08. The molecule has 24 heavy (non-hydrogen) atoms. The van der Waals surface area contributed by atoms with Gasteiger partial charge in [0.25, 0.3) is 5.91 Å². The van der Waals surface area contributed by atoms with E-state index in [1.807, 2.05) is 10.8 Å². The molecule has 2 unspecified atom stereocenters. The Morgan fingerprint density at radius 1 is 1.42 bits per heavy atom. The molecule has 5 N–H and O–H groups in total. The molecule has 10 heteroatoms. The summed E-state index contributed by atoms with van der Waals surface area (Å²) in [6, 6.07) is 1.81. The summed E-state index contributed by atoms with van der Waals surface area (Å²) >= 11 is 1.47. The fourth-order valence-corrected chi connectivity index (χ4v) is 2.82. The molecule has 1 aliphatic rings. The van der Waals surface area contributed by atoms with E-state index in [9.17, 15) is 15.0 Å². The fourth-order valence-electron chi connectivity index (χ4n) is 2.24. The van der Waals surface area contributed by atoms with Gasteiger partial charge in [-0.05, 0) is 17.4 Å². The molecule has 0 saturated carbocycles. The van der Waals surface area contributed by atoms with Crippen LogP contribution in [-0.4, -0.2) is 60.9 Å². The number of rotatable bonds is 3. The Bertz CT molecular complexity index is 794. The van der Waals surface area contributed by atoms with Gasteiger partial charge < -0.3 is 25.8 Å². The van der Waals surface area contributed by atoms with Crippen molar-refractivity contribution in [3.63, 3.8) is 0 Å². The number of thiophene rings is 1. The topological polar surface area (TPSA) is 144 Å². The normalized spacial score (nSPS) is 26.1. The maximum Gasteiger partial charge on any atom is 0.288 e. The van der Waals surface area contributed by atoms with Crippen LogP contribution in [0.2, 0.25) is 0 Å². The molecular weight excluding hydrogens is 336 g/mol. The molecule has 9 nitrogen and oxygen atoms in total.